The second-order valence-electron chi connectivity index (χ2n) is 5.67. The number of hydrogen-bond donors (Lipinski definition) is 1. The summed E-state index contributed by atoms with van der Waals surface area (Å²) in [6, 6.07) is 6.57. The summed E-state index contributed by atoms with van der Waals surface area (Å²) in [7, 11) is -4.37. The molecule has 3 rings (SSSR count). The summed E-state index contributed by atoms with van der Waals surface area (Å²) >= 11 is 0.641. The van der Waals surface area contributed by atoms with Gasteiger partial charge in [0, 0.05) is 17.2 Å². The van der Waals surface area contributed by atoms with E-state index in [0.29, 0.717) is 11.3 Å². The lowest BCUT2D eigenvalue weighted by atomic mass is 9.97. The molecule has 0 unspecified atom stereocenters. The molecular weight excluding hydrogens is 449 g/mol. The molecule has 0 atom stereocenters. The van der Waals surface area contributed by atoms with Gasteiger partial charge < -0.3 is 0 Å². The molecule has 156 valence electrons. The zero-order chi connectivity index (χ0) is 22.1. The van der Waals surface area contributed by atoms with Crippen LogP contribution in [-0.4, -0.2) is 29.3 Å². The molecule has 1 heterocycles. The molecule has 3 aromatic rings. The normalized spacial score (nSPS) is 11.8. The van der Waals surface area contributed by atoms with E-state index in [1.807, 2.05) is 4.72 Å². The maximum absolute atomic E-state index is 13.2. The minimum Gasteiger partial charge on any atom is -0.289 e. The summed E-state index contributed by atoms with van der Waals surface area (Å²) in [5.41, 5.74) is -2.44. The fourth-order valence-corrected chi connectivity index (χ4v) is 4.20. The molecular formula is C16H9F3N4O5S2. The van der Waals surface area contributed by atoms with E-state index < -0.39 is 53.7 Å². The SMILES string of the molecule is O=C(c1ccc([N+](=O)[O-])c(NS(=O)(=O)c2nncs2)c1)c1ccccc1C(F)(F)F. The van der Waals surface area contributed by atoms with Crippen molar-refractivity contribution in [2.45, 2.75) is 10.5 Å². The van der Waals surface area contributed by atoms with Gasteiger partial charge in [0.15, 0.2) is 5.78 Å². The summed E-state index contributed by atoms with van der Waals surface area (Å²) in [5.74, 6) is -1.09. The minimum atomic E-state index is -4.81. The van der Waals surface area contributed by atoms with E-state index in [0.717, 1.165) is 41.9 Å². The molecule has 0 saturated heterocycles. The Labute approximate surface area is 170 Å². The molecule has 30 heavy (non-hydrogen) atoms. The summed E-state index contributed by atoms with van der Waals surface area (Å²) < 4.78 is 65.7. The van der Waals surface area contributed by atoms with E-state index in [4.69, 9.17) is 0 Å². The Balaban J connectivity index is 2.08. The van der Waals surface area contributed by atoms with Gasteiger partial charge in [-0.3, -0.25) is 19.6 Å². The summed E-state index contributed by atoms with van der Waals surface area (Å²) in [4.78, 5) is 23.0. The molecule has 1 aromatic heterocycles. The monoisotopic (exact) mass is 458 g/mol. The van der Waals surface area contributed by atoms with E-state index in [1.54, 1.807) is 0 Å². The van der Waals surface area contributed by atoms with Crippen LogP contribution >= 0.6 is 11.3 Å². The Kier molecular flexibility index (Phi) is 5.54. The van der Waals surface area contributed by atoms with Gasteiger partial charge in [-0.2, -0.15) is 21.6 Å². The van der Waals surface area contributed by atoms with Crippen molar-refractivity contribution in [2.24, 2.45) is 0 Å². The maximum atomic E-state index is 13.2. The fraction of sp³-hybridized carbons (Fsp3) is 0.0625. The van der Waals surface area contributed by atoms with Crippen molar-refractivity contribution in [3.63, 3.8) is 0 Å². The number of hydrogen-bond acceptors (Lipinski definition) is 8. The van der Waals surface area contributed by atoms with Crippen molar-refractivity contribution >= 4 is 38.5 Å². The molecule has 0 fully saturated rings. The molecule has 0 aliphatic rings. The van der Waals surface area contributed by atoms with Gasteiger partial charge in [0.05, 0.1) is 10.5 Å². The highest BCUT2D eigenvalue weighted by atomic mass is 32.2. The Hall–Kier alpha value is -3.39. The second kappa shape index (κ2) is 7.79. The number of sulfonamides is 1. The van der Waals surface area contributed by atoms with Crippen LogP contribution in [0.5, 0.6) is 0 Å². The summed E-state index contributed by atoms with van der Waals surface area (Å²) in [6.07, 6.45) is -4.81. The van der Waals surface area contributed by atoms with Crippen molar-refractivity contribution in [3.05, 3.63) is 74.8 Å². The van der Waals surface area contributed by atoms with Crippen molar-refractivity contribution in [2.75, 3.05) is 4.72 Å². The number of carbonyl (C=O) groups is 1. The van der Waals surface area contributed by atoms with Crippen molar-refractivity contribution in [1.82, 2.24) is 10.2 Å². The van der Waals surface area contributed by atoms with Crippen LogP contribution in [0.25, 0.3) is 0 Å². The van der Waals surface area contributed by atoms with Crippen LogP contribution in [0.15, 0.2) is 52.3 Å². The van der Waals surface area contributed by atoms with Gasteiger partial charge in [-0.25, -0.2) is 0 Å². The van der Waals surface area contributed by atoms with Gasteiger partial charge in [-0.15, -0.1) is 10.2 Å². The van der Waals surface area contributed by atoms with Gasteiger partial charge in [0.1, 0.15) is 11.2 Å². The van der Waals surface area contributed by atoms with Crippen molar-refractivity contribution in [1.29, 1.82) is 0 Å². The maximum Gasteiger partial charge on any atom is 0.417 e. The van der Waals surface area contributed by atoms with Crippen LogP contribution in [0, 0.1) is 10.1 Å². The standard InChI is InChI=1S/C16H9F3N4O5S2/c17-16(18,19)11-4-2-1-3-10(11)14(24)9-5-6-13(23(25)26)12(7-9)22-30(27,28)15-21-20-8-29-15/h1-8,22H. The Morgan fingerprint density at radius 2 is 1.87 bits per heavy atom. The van der Waals surface area contributed by atoms with E-state index in [-0.39, 0.29) is 5.56 Å². The number of nitro groups is 1. The van der Waals surface area contributed by atoms with Gasteiger partial charge in [-0.1, -0.05) is 29.5 Å². The third kappa shape index (κ3) is 4.28. The number of ketones is 1. The number of halogens is 3. The minimum absolute atomic E-state index is 0.382. The lowest BCUT2D eigenvalue weighted by molar-refractivity contribution is -0.383. The number of nitrogens with one attached hydrogen (secondary N) is 1. The summed E-state index contributed by atoms with van der Waals surface area (Å²) in [6.45, 7) is 0. The molecule has 0 amide bonds. The zero-order valence-corrected chi connectivity index (χ0v) is 16.1. The van der Waals surface area contributed by atoms with Crippen molar-refractivity contribution in [3.8, 4) is 0 Å². The largest absolute Gasteiger partial charge is 0.417 e. The van der Waals surface area contributed by atoms with Gasteiger partial charge in [-0.05, 0) is 18.2 Å². The van der Waals surface area contributed by atoms with Crippen molar-refractivity contribution < 1.29 is 31.3 Å². The quantitative estimate of drug-likeness (QED) is 0.340. The number of aromatic nitrogens is 2. The van der Waals surface area contributed by atoms with Crippen LogP contribution in [0.1, 0.15) is 21.5 Å². The van der Waals surface area contributed by atoms with Crippen LogP contribution in [0.3, 0.4) is 0 Å². The lowest BCUT2D eigenvalue weighted by Crippen LogP contribution is -2.16. The third-order valence-corrected chi connectivity index (χ3v) is 6.21. The average Bonchev–Trinajstić information content (AvgIpc) is 3.22. The first kappa shape index (κ1) is 21.3. The number of nitrogens with zero attached hydrogens (tertiary/aromatic N) is 3. The first-order valence-electron chi connectivity index (χ1n) is 7.79. The smallest absolute Gasteiger partial charge is 0.289 e. The number of anilines is 1. The molecule has 0 bridgehead atoms. The van der Waals surface area contributed by atoms with Gasteiger partial charge in [0.2, 0.25) is 0 Å². The molecule has 0 saturated carbocycles. The molecule has 0 aliphatic carbocycles. The highest BCUT2D eigenvalue weighted by Gasteiger charge is 2.35. The zero-order valence-electron chi connectivity index (χ0n) is 14.5. The van der Waals surface area contributed by atoms with E-state index in [1.165, 1.54) is 6.07 Å². The number of carbonyl (C=O) groups excluding carboxylic acids is 1. The first-order chi connectivity index (χ1) is 14.0. The Bertz CT molecular complexity index is 1230. The lowest BCUT2D eigenvalue weighted by Gasteiger charge is -2.12. The number of rotatable bonds is 6. The molecule has 1 N–H and O–H groups in total. The van der Waals surface area contributed by atoms with E-state index in [9.17, 15) is 36.5 Å². The average molecular weight is 458 g/mol. The third-order valence-electron chi connectivity index (χ3n) is 3.75. The molecule has 0 spiro atoms. The highest BCUT2D eigenvalue weighted by molar-refractivity contribution is 7.94. The van der Waals surface area contributed by atoms with Crippen LogP contribution in [0.2, 0.25) is 0 Å². The number of benzene rings is 2. The Morgan fingerprint density at radius 1 is 1.17 bits per heavy atom. The number of alkyl halides is 3. The summed E-state index contributed by atoms with van der Waals surface area (Å²) in [5, 5.41) is 18.0. The van der Waals surface area contributed by atoms with Crippen LogP contribution in [0.4, 0.5) is 24.5 Å². The fourth-order valence-electron chi connectivity index (χ4n) is 2.47. The van der Waals surface area contributed by atoms with Crippen LogP contribution in [-0.2, 0) is 16.2 Å². The predicted octanol–water partition coefficient (Wildman–Crippen LogP) is 3.50. The second-order valence-corrected chi connectivity index (χ2v) is 8.36. The van der Waals surface area contributed by atoms with Gasteiger partial charge >= 0.3 is 6.18 Å². The van der Waals surface area contributed by atoms with E-state index >= 15 is 0 Å². The first-order valence-corrected chi connectivity index (χ1v) is 10.2. The highest BCUT2D eigenvalue weighted by Crippen LogP contribution is 2.34. The number of nitro benzene ring substituents is 1. The molecule has 2 aromatic carbocycles. The molecule has 14 heteroatoms. The van der Waals surface area contributed by atoms with Crippen LogP contribution < -0.4 is 4.72 Å². The predicted molar refractivity (Wildman–Crippen MR) is 98.7 cm³/mol. The van der Waals surface area contributed by atoms with Gasteiger partial charge in [0.25, 0.3) is 20.1 Å². The van der Waals surface area contributed by atoms with E-state index in [2.05, 4.69) is 10.2 Å². The molecule has 0 aliphatic heterocycles. The Morgan fingerprint density at radius 3 is 2.47 bits per heavy atom. The molecule has 9 nitrogen and oxygen atoms in total. The topological polar surface area (TPSA) is 132 Å². The molecule has 0 radical (unpaired) electrons.